The zero-order valence-corrected chi connectivity index (χ0v) is 14.8. The van der Waals surface area contributed by atoms with Crippen LogP contribution >= 0.6 is 11.3 Å². The highest BCUT2D eigenvalue weighted by Gasteiger charge is 2.15. The van der Waals surface area contributed by atoms with E-state index >= 15 is 0 Å². The van der Waals surface area contributed by atoms with E-state index in [0.29, 0.717) is 0 Å². The first-order valence-corrected chi connectivity index (χ1v) is 8.97. The fourth-order valence-electron chi connectivity index (χ4n) is 2.73. The van der Waals surface area contributed by atoms with Crippen LogP contribution in [0.1, 0.15) is 30.0 Å². The molecule has 1 fully saturated rings. The molecule has 1 aliphatic rings. The van der Waals surface area contributed by atoms with Gasteiger partial charge < -0.3 is 15.0 Å². The van der Waals surface area contributed by atoms with Crippen LogP contribution in [0.15, 0.2) is 10.4 Å². The monoisotopic (exact) mass is 324 g/mol. The molecular weight excluding hydrogens is 296 g/mol. The molecule has 6 heteroatoms. The Labute approximate surface area is 137 Å². The molecule has 1 N–H and O–H groups in total. The van der Waals surface area contributed by atoms with Crippen molar-refractivity contribution in [3.05, 3.63) is 16.1 Å². The molecule has 0 saturated carbocycles. The van der Waals surface area contributed by atoms with Gasteiger partial charge in [0.15, 0.2) is 5.96 Å². The van der Waals surface area contributed by atoms with Crippen molar-refractivity contribution in [2.75, 3.05) is 40.4 Å². The van der Waals surface area contributed by atoms with Gasteiger partial charge in [-0.25, -0.2) is 4.98 Å². The van der Waals surface area contributed by atoms with Gasteiger partial charge in [0.2, 0.25) is 0 Å². The Morgan fingerprint density at radius 1 is 1.50 bits per heavy atom. The third-order valence-corrected chi connectivity index (χ3v) is 4.94. The minimum Gasteiger partial charge on any atom is -0.381 e. The first-order valence-electron chi connectivity index (χ1n) is 8.09. The van der Waals surface area contributed by atoms with Crippen LogP contribution in [-0.2, 0) is 11.2 Å². The molecule has 1 saturated heterocycles. The van der Waals surface area contributed by atoms with E-state index in [0.717, 1.165) is 55.3 Å². The Morgan fingerprint density at radius 3 is 2.91 bits per heavy atom. The second-order valence-electron chi connectivity index (χ2n) is 5.85. The smallest absolute Gasteiger partial charge is 0.193 e. The SMILES string of the molecule is CN=C(NCCc1csc(C)n1)N(C)CCC1CCOCC1. The van der Waals surface area contributed by atoms with Gasteiger partial charge in [0.1, 0.15) is 0 Å². The number of nitrogens with zero attached hydrogens (tertiary/aromatic N) is 3. The van der Waals surface area contributed by atoms with E-state index in [4.69, 9.17) is 4.74 Å². The van der Waals surface area contributed by atoms with Crippen LogP contribution in [-0.4, -0.2) is 56.2 Å². The van der Waals surface area contributed by atoms with Crippen LogP contribution in [0.25, 0.3) is 0 Å². The zero-order valence-electron chi connectivity index (χ0n) is 14.0. The summed E-state index contributed by atoms with van der Waals surface area (Å²) in [7, 11) is 3.96. The van der Waals surface area contributed by atoms with Crippen LogP contribution in [0.4, 0.5) is 0 Å². The number of aryl methyl sites for hydroxylation is 1. The molecule has 0 amide bonds. The molecule has 0 aliphatic carbocycles. The molecule has 0 bridgehead atoms. The van der Waals surface area contributed by atoms with Crippen LogP contribution in [0.5, 0.6) is 0 Å². The Bertz CT molecular complexity index is 468. The van der Waals surface area contributed by atoms with Gasteiger partial charge in [-0.15, -0.1) is 11.3 Å². The summed E-state index contributed by atoms with van der Waals surface area (Å²) < 4.78 is 5.42. The topological polar surface area (TPSA) is 49.8 Å². The number of hydrogen-bond acceptors (Lipinski definition) is 4. The molecule has 0 atom stereocenters. The maximum Gasteiger partial charge on any atom is 0.193 e. The highest BCUT2D eigenvalue weighted by Crippen LogP contribution is 2.18. The number of nitrogens with one attached hydrogen (secondary N) is 1. The van der Waals surface area contributed by atoms with Crippen molar-refractivity contribution in [1.29, 1.82) is 0 Å². The highest BCUT2D eigenvalue weighted by atomic mass is 32.1. The van der Waals surface area contributed by atoms with Crippen LogP contribution < -0.4 is 5.32 Å². The largest absolute Gasteiger partial charge is 0.381 e. The van der Waals surface area contributed by atoms with E-state index in [9.17, 15) is 0 Å². The molecule has 22 heavy (non-hydrogen) atoms. The summed E-state index contributed by atoms with van der Waals surface area (Å²) in [5.41, 5.74) is 1.16. The minimum absolute atomic E-state index is 0.798. The number of aliphatic imine (C=N–C) groups is 1. The molecule has 0 spiro atoms. The van der Waals surface area contributed by atoms with Gasteiger partial charge in [-0.05, 0) is 32.1 Å². The number of hydrogen-bond donors (Lipinski definition) is 1. The summed E-state index contributed by atoms with van der Waals surface area (Å²) in [6.45, 7) is 5.81. The normalized spacial score (nSPS) is 16.8. The third kappa shape index (κ3) is 5.57. The van der Waals surface area contributed by atoms with Crippen molar-refractivity contribution in [1.82, 2.24) is 15.2 Å². The van der Waals surface area contributed by atoms with Gasteiger partial charge >= 0.3 is 0 Å². The lowest BCUT2D eigenvalue weighted by molar-refractivity contribution is 0.0625. The molecule has 0 aromatic carbocycles. The standard InChI is InChI=1S/C16H28N4OS/c1-13-19-15(12-22-13)4-8-18-16(17-2)20(3)9-5-14-6-10-21-11-7-14/h12,14H,4-11H2,1-3H3,(H,17,18). The molecule has 0 radical (unpaired) electrons. The molecular formula is C16H28N4OS. The van der Waals surface area contributed by atoms with Crippen LogP contribution in [0, 0.1) is 12.8 Å². The summed E-state index contributed by atoms with van der Waals surface area (Å²) in [6, 6.07) is 0. The highest BCUT2D eigenvalue weighted by molar-refractivity contribution is 7.09. The maximum atomic E-state index is 5.42. The number of guanidine groups is 1. The Balaban J connectivity index is 1.68. The Morgan fingerprint density at radius 2 is 2.27 bits per heavy atom. The lowest BCUT2D eigenvalue weighted by Crippen LogP contribution is -2.40. The van der Waals surface area contributed by atoms with Gasteiger partial charge in [-0.3, -0.25) is 4.99 Å². The van der Waals surface area contributed by atoms with E-state index in [1.165, 1.54) is 19.3 Å². The number of aromatic nitrogens is 1. The lowest BCUT2D eigenvalue weighted by Gasteiger charge is -2.26. The van der Waals surface area contributed by atoms with Gasteiger partial charge in [0.25, 0.3) is 0 Å². The van der Waals surface area contributed by atoms with Gasteiger partial charge in [0.05, 0.1) is 10.7 Å². The van der Waals surface area contributed by atoms with Gasteiger partial charge in [-0.1, -0.05) is 0 Å². The van der Waals surface area contributed by atoms with Gasteiger partial charge in [-0.2, -0.15) is 0 Å². The predicted molar refractivity (Wildman–Crippen MR) is 92.7 cm³/mol. The van der Waals surface area contributed by atoms with Crippen molar-refractivity contribution in [2.24, 2.45) is 10.9 Å². The van der Waals surface area contributed by atoms with E-state index < -0.39 is 0 Å². The molecule has 1 aromatic rings. The molecule has 1 aliphatic heterocycles. The predicted octanol–water partition coefficient (Wildman–Crippen LogP) is 2.32. The zero-order chi connectivity index (χ0) is 15.8. The molecule has 5 nitrogen and oxygen atoms in total. The van der Waals surface area contributed by atoms with E-state index in [2.05, 4.69) is 32.6 Å². The van der Waals surface area contributed by atoms with Crippen LogP contribution in [0.3, 0.4) is 0 Å². The molecule has 1 aromatic heterocycles. The average Bonchev–Trinajstić information content (AvgIpc) is 2.95. The molecule has 2 heterocycles. The number of ether oxygens (including phenoxy) is 1. The second kappa shape index (κ2) is 9.10. The molecule has 124 valence electrons. The minimum atomic E-state index is 0.798. The lowest BCUT2D eigenvalue weighted by atomic mass is 9.96. The average molecular weight is 324 g/mol. The maximum absolute atomic E-state index is 5.42. The third-order valence-electron chi connectivity index (χ3n) is 4.12. The van der Waals surface area contributed by atoms with Crippen molar-refractivity contribution < 1.29 is 4.74 Å². The van der Waals surface area contributed by atoms with Crippen molar-refractivity contribution >= 4 is 17.3 Å². The van der Waals surface area contributed by atoms with E-state index in [1.54, 1.807) is 11.3 Å². The summed E-state index contributed by atoms with van der Waals surface area (Å²) in [4.78, 5) is 11.1. The molecule has 2 rings (SSSR count). The summed E-state index contributed by atoms with van der Waals surface area (Å²) >= 11 is 1.71. The fraction of sp³-hybridized carbons (Fsp3) is 0.750. The van der Waals surface area contributed by atoms with Gasteiger partial charge in [0, 0.05) is 52.2 Å². The second-order valence-corrected chi connectivity index (χ2v) is 6.91. The first kappa shape index (κ1) is 17.2. The number of thiazole rings is 1. The molecule has 0 unspecified atom stereocenters. The first-order chi connectivity index (χ1) is 10.7. The quantitative estimate of drug-likeness (QED) is 0.644. The van der Waals surface area contributed by atoms with E-state index in [-0.39, 0.29) is 0 Å². The van der Waals surface area contributed by atoms with Crippen LogP contribution in [0.2, 0.25) is 0 Å². The number of rotatable bonds is 6. The Kier molecular flexibility index (Phi) is 7.12. The fourth-order valence-corrected chi connectivity index (χ4v) is 3.37. The summed E-state index contributed by atoms with van der Waals surface area (Å²) in [5, 5.41) is 6.70. The van der Waals surface area contributed by atoms with Crippen molar-refractivity contribution in [3.8, 4) is 0 Å². The summed E-state index contributed by atoms with van der Waals surface area (Å²) in [5.74, 6) is 1.77. The summed E-state index contributed by atoms with van der Waals surface area (Å²) in [6.07, 6.45) is 4.55. The van der Waals surface area contributed by atoms with E-state index in [1.807, 2.05) is 14.0 Å². The van der Waals surface area contributed by atoms with Crippen molar-refractivity contribution in [3.63, 3.8) is 0 Å². The Hall–Kier alpha value is -1.14. The van der Waals surface area contributed by atoms with Crippen molar-refractivity contribution in [2.45, 2.75) is 32.6 Å².